The minimum Gasteiger partial charge on any atom is -0.493 e. The van der Waals surface area contributed by atoms with Crippen molar-refractivity contribution in [3.8, 4) is 5.75 Å². The molecule has 0 amide bonds. The summed E-state index contributed by atoms with van der Waals surface area (Å²) in [6.45, 7) is 2.13. The van der Waals surface area contributed by atoms with E-state index in [-0.39, 0.29) is 12.4 Å². The largest absolute Gasteiger partial charge is 0.493 e. The lowest BCUT2D eigenvalue weighted by Crippen LogP contribution is -2.44. The van der Waals surface area contributed by atoms with Gasteiger partial charge in [0, 0.05) is 18.0 Å². The third-order valence-electron chi connectivity index (χ3n) is 2.77. The summed E-state index contributed by atoms with van der Waals surface area (Å²) in [5.41, 5.74) is -0.432. The molecule has 1 aromatic rings. The van der Waals surface area contributed by atoms with Crippen molar-refractivity contribution in [1.82, 2.24) is 5.32 Å². The van der Waals surface area contributed by atoms with Crippen LogP contribution in [0.1, 0.15) is 13.3 Å². The third kappa shape index (κ3) is 3.94. The van der Waals surface area contributed by atoms with Gasteiger partial charge in [0.2, 0.25) is 0 Å². The Hall–Kier alpha value is -1.20. The number of ether oxygens (including phenoxy) is 1. The van der Waals surface area contributed by atoms with Gasteiger partial charge in [-0.3, -0.25) is 0 Å². The second-order valence-electron chi connectivity index (χ2n) is 4.14. The molecule has 1 unspecified atom stereocenters. The van der Waals surface area contributed by atoms with Crippen molar-refractivity contribution < 1.29 is 18.6 Å². The fraction of sp³-hybridized carbons (Fsp3) is 0.500. The van der Waals surface area contributed by atoms with Gasteiger partial charge in [-0.1, -0.05) is 0 Å². The smallest absolute Gasteiger partial charge is 0.162 e. The van der Waals surface area contributed by atoms with Crippen LogP contribution in [0.2, 0.25) is 0 Å². The van der Waals surface area contributed by atoms with Crippen LogP contribution in [0.25, 0.3) is 0 Å². The lowest BCUT2D eigenvalue weighted by Gasteiger charge is -2.26. The van der Waals surface area contributed by atoms with Gasteiger partial charge in [-0.2, -0.15) is 0 Å². The van der Waals surface area contributed by atoms with Crippen LogP contribution in [-0.4, -0.2) is 30.9 Å². The molecule has 0 spiro atoms. The fourth-order valence-electron chi connectivity index (χ4n) is 1.24. The number of aliphatic hydroxyl groups excluding tert-OH is 1. The Morgan fingerprint density at radius 3 is 2.59 bits per heavy atom. The van der Waals surface area contributed by atoms with Gasteiger partial charge in [-0.05, 0) is 26.1 Å². The standard InChI is InChI=1S/C12H17F2NO2/c1-12(8-16,15-2)5-6-17-9-3-4-10(13)11(14)7-9/h3-4,7,15-16H,5-6,8H2,1-2H3. The number of benzene rings is 1. The van der Waals surface area contributed by atoms with Crippen LogP contribution in [-0.2, 0) is 0 Å². The molecule has 0 heterocycles. The molecule has 0 saturated carbocycles. The lowest BCUT2D eigenvalue weighted by atomic mass is 10.0. The van der Waals surface area contributed by atoms with E-state index >= 15 is 0 Å². The van der Waals surface area contributed by atoms with Crippen molar-refractivity contribution in [2.24, 2.45) is 0 Å². The average molecular weight is 245 g/mol. The fourth-order valence-corrected chi connectivity index (χ4v) is 1.24. The van der Waals surface area contributed by atoms with Gasteiger partial charge in [0.15, 0.2) is 11.6 Å². The van der Waals surface area contributed by atoms with E-state index in [1.165, 1.54) is 6.07 Å². The molecule has 1 atom stereocenters. The molecule has 17 heavy (non-hydrogen) atoms. The molecule has 0 aliphatic heterocycles. The van der Waals surface area contributed by atoms with Gasteiger partial charge >= 0.3 is 0 Å². The van der Waals surface area contributed by atoms with Gasteiger partial charge in [-0.25, -0.2) is 8.78 Å². The Morgan fingerprint density at radius 2 is 2.06 bits per heavy atom. The number of likely N-dealkylation sites (N-methyl/N-ethyl adjacent to an activating group) is 1. The van der Waals surface area contributed by atoms with E-state index in [1.807, 2.05) is 6.92 Å². The summed E-state index contributed by atoms with van der Waals surface area (Å²) >= 11 is 0. The van der Waals surface area contributed by atoms with Gasteiger partial charge in [0.05, 0.1) is 13.2 Å². The number of aliphatic hydroxyl groups is 1. The number of nitrogens with one attached hydrogen (secondary N) is 1. The van der Waals surface area contributed by atoms with Crippen molar-refractivity contribution in [2.45, 2.75) is 18.9 Å². The van der Waals surface area contributed by atoms with Crippen LogP contribution in [0.5, 0.6) is 5.75 Å². The van der Waals surface area contributed by atoms with Crippen molar-refractivity contribution in [3.05, 3.63) is 29.8 Å². The maximum absolute atomic E-state index is 12.9. The molecular weight excluding hydrogens is 228 g/mol. The predicted molar refractivity (Wildman–Crippen MR) is 61.0 cm³/mol. The zero-order chi connectivity index (χ0) is 12.9. The average Bonchev–Trinajstić information content (AvgIpc) is 2.33. The first-order chi connectivity index (χ1) is 8.00. The summed E-state index contributed by atoms with van der Waals surface area (Å²) < 4.78 is 30.8. The van der Waals surface area contributed by atoms with Crippen LogP contribution in [0.4, 0.5) is 8.78 Å². The minimum atomic E-state index is -0.930. The summed E-state index contributed by atoms with van der Waals surface area (Å²) in [5, 5.41) is 12.1. The first-order valence-corrected chi connectivity index (χ1v) is 5.38. The molecule has 96 valence electrons. The highest BCUT2D eigenvalue weighted by Gasteiger charge is 2.20. The maximum atomic E-state index is 12.9. The van der Waals surface area contributed by atoms with Crippen LogP contribution < -0.4 is 10.1 Å². The molecule has 0 fully saturated rings. The number of rotatable bonds is 6. The van der Waals surface area contributed by atoms with Crippen LogP contribution >= 0.6 is 0 Å². The Morgan fingerprint density at radius 1 is 1.35 bits per heavy atom. The highest BCUT2D eigenvalue weighted by atomic mass is 19.2. The van der Waals surface area contributed by atoms with Gasteiger partial charge < -0.3 is 15.2 Å². The Bertz CT molecular complexity index is 368. The van der Waals surface area contributed by atoms with Crippen LogP contribution in [0.15, 0.2) is 18.2 Å². The minimum absolute atomic E-state index is 0.0232. The quantitative estimate of drug-likeness (QED) is 0.801. The lowest BCUT2D eigenvalue weighted by molar-refractivity contribution is 0.151. The summed E-state index contributed by atoms with van der Waals surface area (Å²) in [4.78, 5) is 0. The molecule has 2 N–H and O–H groups in total. The molecule has 0 aliphatic carbocycles. The van der Waals surface area contributed by atoms with E-state index < -0.39 is 17.2 Å². The molecule has 1 rings (SSSR count). The van der Waals surface area contributed by atoms with Crippen molar-refractivity contribution in [1.29, 1.82) is 0 Å². The molecule has 0 aromatic heterocycles. The topological polar surface area (TPSA) is 41.5 Å². The van der Waals surface area contributed by atoms with Crippen molar-refractivity contribution in [2.75, 3.05) is 20.3 Å². The first kappa shape index (κ1) is 13.9. The number of hydrogen-bond donors (Lipinski definition) is 2. The second-order valence-corrected chi connectivity index (χ2v) is 4.14. The van der Waals surface area contributed by atoms with E-state index in [0.29, 0.717) is 13.0 Å². The molecule has 0 aliphatic rings. The molecular formula is C12H17F2NO2. The zero-order valence-electron chi connectivity index (χ0n) is 9.96. The van der Waals surface area contributed by atoms with E-state index in [9.17, 15) is 8.78 Å². The number of halogens is 2. The first-order valence-electron chi connectivity index (χ1n) is 5.38. The second kappa shape index (κ2) is 5.93. The van der Waals surface area contributed by atoms with Crippen LogP contribution in [0, 0.1) is 11.6 Å². The zero-order valence-corrected chi connectivity index (χ0v) is 9.96. The SMILES string of the molecule is CNC(C)(CO)CCOc1ccc(F)c(F)c1. The summed E-state index contributed by atoms with van der Waals surface area (Å²) in [6, 6.07) is 3.40. The highest BCUT2D eigenvalue weighted by Crippen LogP contribution is 2.16. The van der Waals surface area contributed by atoms with Crippen LogP contribution in [0.3, 0.4) is 0 Å². The molecule has 0 radical (unpaired) electrons. The highest BCUT2D eigenvalue weighted by molar-refractivity contribution is 5.23. The summed E-state index contributed by atoms with van der Waals surface area (Å²) in [7, 11) is 1.74. The normalized spacial score (nSPS) is 14.4. The monoisotopic (exact) mass is 245 g/mol. The van der Waals surface area contributed by atoms with Gasteiger partial charge in [0.25, 0.3) is 0 Å². The molecule has 1 aromatic carbocycles. The third-order valence-corrected chi connectivity index (χ3v) is 2.77. The van der Waals surface area contributed by atoms with Gasteiger partial charge in [-0.15, -0.1) is 0 Å². The van der Waals surface area contributed by atoms with E-state index in [1.54, 1.807) is 7.05 Å². The van der Waals surface area contributed by atoms with E-state index in [0.717, 1.165) is 12.1 Å². The molecule has 3 nitrogen and oxygen atoms in total. The summed E-state index contributed by atoms with van der Waals surface area (Å²) in [5.74, 6) is -1.55. The maximum Gasteiger partial charge on any atom is 0.162 e. The Balaban J connectivity index is 2.48. The van der Waals surface area contributed by atoms with Crippen molar-refractivity contribution >= 4 is 0 Å². The number of hydrogen-bond acceptors (Lipinski definition) is 3. The molecule has 0 saturated heterocycles. The predicted octanol–water partition coefficient (Wildman–Crippen LogP) is 1.70. The van der Waals surface area contributed by atoms with E-state index in [4.69, 9.17) is 9.84 Å². The Labute approximate surface area is 99.4 Å². The molecule has 0 bridgehead atoms. The molecule has 5 heteroatoms. The van der Waals surface area contributed by atoms with Gasteiger partial charge in [0.1, 0.15) is 5.75 Å². The van der Waals surface area contributed by atoms with Crippen molar-refractivity contribution in [3.63, 3.8) is 0 Å². The summed E-state index contributed by atoms with van der Waals surface area (Å²) in [6.07, 6.45) is 0.555. The van der Waals surface area contributed by atoms with E-state index in [2.05, 4.69) is 5.32 Å². The Kier molecular flexibility index (Phi) is 4.84.